The van der Waals surface area contributed by atoms with E-state index in [9.17, 15) is 9.18 Å². The highest BCUT2D eigenvalue weighted by Gasteiger charge is 2.21. The van der Waals surface area contributed by atoms with Gasteiger partial charge in [-0.25, -0.2) is 4.39 Å². The van der Waals surface area contributed by atoms with E-state index in [0.717, 1.165) is 25.8 Å². The van der Waals surface area contributed by atoms with Crippen molar-refractivity contribution in [1.82, 2.24) is 4.90 Å². The third kappa shape index (κ3) is 3.07. The molecule has 1 saturated heterocycles. The average molecular weight is 251 g/mol. The minimum atomic E-state index is -0.370. The van der Waals surface area contributed by atoms with Crippen molar-refractivity contribution in [3.05, 3.63) is 35.6 Å². The highest BCUT2D eigenvalue weighted by atomic mass is 19.1. The number of nitrogens with zero attached hydrogens (tertiary/aromatic N) is 1. The summed E-state index contributed by atoms with van der Waals surface area (Å²) in [5, 5.41) is 0. The van der Waals surface area contributed by atoms with Gasteiger partial charge in [0.25, 0.3) is 5.91 Å². The Hall–Kier alpha value is -1.42. The van der Waals surface area contributed by atoms with Crippen LogP contribution >= 0.6 is 0 Å². The summed E-state index contributed by atoms with van der Waals surface area (Å²) in [4.78, 5) is 14.0. The number of ether oxygens (including phenoxy) is 1. The second-order valence-corrected chi connectivity index (χ2v) is 4.59. The zero-order valence-electron chi connectivity index (χ0n) is 10.6. The van der Waals surface area contributed by atoms with Crippen LogP contribution in [0.5, 0.6) is 0 Å². The molecule has 0 aliphatic carbocycles. The molecule has 0 radical (unpaired) electrons. The molecule has 2 rings (SSSR count). The van der Waals surface area contributed by atoms with Crippen molar-refractivity contribution in [1.29, 1.82) is 0 Å². The summed E-state index contributed by atoms with van der Waals surface area (Å²) in [5.74, 6) is -0.461. The van der Waals surface area contributed by atoms with E-state index < -0.39 is 0 Å². The van der Waals surface area contributed by atoms with Gasteiger partial charge >= 0.3 is 0 Å². The summed E-state index contributed by atoms with van der Waals surface area (Å²) in [6, 6.07) is 5.86. The fourth-order valence-corrected chi connectivity index (χ4v) is 2.31. The Morgan fingerprint density at radius 1 is 1.39 bits per heavy atom. The topological polar surface area (TPSA) is 29.5 Å². The molecule has 1 aliphatic rings. The number of rotatable bonds is 2. The lowest BCUT2D eigenvalue weighted by atomic mass is 10.2. The second kappa shape index (κ2) is 5.96. The third-order valence-corrected chi connectivity index (χ3v) is 3.37. The Morgan fingerprint density at radius 2 is 2.22 bits per heavy atom. The number of likely N-dealkylation sites (tertiary alicyclic amines) is 1. The van der Waals surface area contributed by atoms with Crippen molar-refractivity contribution in [2.45, 2.75) is 25.4 Å². The number of carbonyl (C=O) groups is 1. The van der Waals surface area contributed by atoms with Crippen LogP contribution in [0.2, 0.25) is 0 Å². The molecule has 1 unspecified atom stereocenters. The zero-order valence-corrected chi connectivity index (χ0v) is 10.6. The Bertz CT molecular complexity index is 422. The van der Waals surface area contributed by atoms with Gasteiger partial charge in [-0.05, 0) is 37.5 Å². The van der Waals surface area contributed by atoms with Gasteiger partial charge in [-0.15, -0.1) is 0 Å². The number of benzene rings is 1. The molecule has 0 bridgehead atoms. The van der Waals surface area contributed by atoms with Crippen LogP contribution in [0, 0.1) is 5.82 Å². The number of carbonyl (C=O) groups excluding carboxylic acids is 1. The monoisotopic (exact) mass is 251 g/mol. The summed E-state index contributed by atoms with van der Waals surface area (Å²) in [7, 11) is 1.70. The first-order valence-corrected chi connectivity index (χ1v) is 6.28. The molecule has 1 fully saturated rings. The summed E-state index contributed by atoms with van der Waals surface area (Å²) >= 11 is 0. The minimum Gasteiger partial charge on any atom is -0.381 e. The molecule has 4 heteroatoms. The van der Waals surface area contributed by atoms with Gasteiger partial charge in [0, 0.05) is 25.8 Å². The summed E-state index contributed by atoms with van der Waals surface area (Å²) in [5.41, 5.74) is 0.422. The molecule has 0 saturated carbocycles. The predicted molar refractivity (Wildman–Crippen MR) is 67.0 cm³/mol. The Balaban J connectivity index is 2.05. The molecule has 0 N–H and O–H groups in total. The maximum absolute atomic E-state index is 13.1. The highest BCUT2D eigenvalue weighted by Crippen LogP contribution is 2.16. The summed E-state index contributed by atoms with van der Waals surface area (Å²) in [6.45, 7) is 1.39. The van der Waals surface area contributed by atoms with Crippen LogP contribution in [-0.2, 0) is 4.74 Å². The molecule has 3 nitrogen and oxygen atoms in total. The molecule has 1 aliphatic heterocycles. The van der Waals surface area contributed by atoms with Gasteiger partial charge in [-0.1, -0.05) is 6.07 Å². The fraction of sp³-hybridized carbons (Fsp3) is 0.500. The minimum absolute atomic E-state index is 0.0914. The lowest BCUT2D eigenvalue weighted by Crippen LogP contribution is -2.32. The van der Waals surface area contributed by atoms with Crippen molar-refractivity contribution < 1.29 is 13.9 Å². The number of methoxy groups -OCH3 is 1. The van der Waals surface area contributed by atoms with Crippen molar-refractivity contribution in [2.24, 2.45) is 0 Å². The first-order valence-electron chi connectivity index (χ1n) is 6.28. The van der Waals surface area contributed by atoms with E-state index in [0.29, 0.717) is 12.1 Å². The van der Waals surface area contributed by atoms with Gasteiger partial charge in [0.2, 0.25) is 0 Å². The summed E-state index contributed by atoms with van der Waals surface area (Å²) < 4.78 is 18.4. The standard InChI is InChI=1S/C14H18FNO2/c1-18-13-6-3-8-16(9-7-13)14(17)11-4-2-5-12(15)10-11/h2,4-5,10,13H,3,6-9H2,1H3. The molecule has 1 heterocycles. The molecular formula is C14H18FNO2. The van der Waals surface area contributed by atoms with Crippen LogP contribution in [0.4, 0.5) is 4.39 Å². The van der Waals surface area contributed by atoms with Crippen molar-refractivity contribution in [3.8, 4) is 0 Å². The van der Waals surface area contributed by atoms with E-state index in [-0.39, 0.29) is 17.8 Å². The predicted octanol–water partition coefficient (Wildman–Crippen LogP) is 2.47. The molecule has 18 heavy (non-hydrogen) atoms. The van der Waals surface area contributed by atoms with Gasteiger partial charge in [0.1, 0.15) is 5.82 Å². The van der Waals surface area contributed by atoms with Gasteiger partial charge in [-0.2, -0.15) is 0 Å². The summed E-state index contributed by atoms with van der Waals surface area (Å²) in [6.07, 6.45) is 2.98. The van der Waals surface area contributed by atoms with Crippen LogP contribution in [0.1, 0.15) is 29.6 Å². The quantitative estimate of drug-likeness (QED) is 0.808. The molecule has 98 valence electrons. The first kappa shape index (κ1) is 13.0. The number of amides is 1. The molecular weight excluding hydrogens is 233 g/mol. The van der Waals surface area contributed by atoms with Crippen LogP contribution in [0.3, 0.4) is 0 Å². The normalized spacial score (nSPS) is 20.6. The van der Waals surface area contributed by atoms with E-state index >= 15 is 0 Å². The first-order chi connectivity index (χ1) is 8.70. The zero-order chi connectivity index (χ0) is 13.0. The molecule has 1 atom stereocenters. The second-order valence-electron chi connectivity index (χ2n) is 4.59. The Morgan fingerprint density at radius 3 is 2.94 bits per heavy atom. The van der Waals surface area contributed by atoms with Crippen LogP contribution < -0.4 is 0 Å². The van der Waals surface area contributed by atoms with Crippen LogP contribution in [-0.4, -0.2) is 37.1 Å². The Kier molecular flexibility index (Phi) is 4.31. The van der Waals surface area contributed by atoms with Gasteiger partial charge in [0.05, 0.1) is 6.10 Å². The largest absolute Gasteiger partial charge is 0.381 e. The third-order valence-electron chi connectivity index (χ3n) is 3.37. The van der Waals surface area contributed by atoms with E-state index in [2.05, 4.69) is 0 Å². The number of halogens is 1. The van der Waals surface area contributed by atoms with Gasteiger partial charge in [0.15, 0.2) is 0 Å². The molecule has 0 spiro atoms. The molecule has 0 aromatic heterocycles. The number of hydrogen-bond acceptors (Lipinski definition) is 2. The van der Waals surface area contributed by atoms with E-state index in [1.54, 1.807) is 24.1 Å². The lowest BCUT2D eigenvalue weighted by molar-refractivity contribution is 0.0723. The smallest absolute Gasteiger partial charge is 0.253 e. The van der Waals surface area contributed by atoms with E-state index in [1.165, 1.54) is 12.1 Å². The van der Waals surface area contributed by atoms with Crippen molar-refractivity contribution >= 4 is 5.91 Å². The van der Waals surface area contributed by atoms with E-state index in [1.807, 2.05) is 0 Å². The maximum Gasteiger partial charge on any atom is 0.253 e. The van der Waals surface area contributed by atoms with Crippen molar-refractivity contribution in [2.75, 3.05) is 20.2 Å². The maximum atomic E-state index is 13.1. The lowest BCUT2D eigenvalue weighted by Gasteiger charge is -2.20. The highest BCUT2D eigenvalue weighted by molar-refractivity contribution is 5.94. The number of hydrogen-bond donors (Lipinski definition) is 0. The van der Waals surface area contributed by atoms with Crippen molar-refractivity contribution in [3.63, 3.8) is 0 Å². The van der Waals surface area contributed by atoms with Crippen LogP contribution in [0.25, 0.3) is 0 Å². The van der Waals surface area contributed by atoms with Crippen LogP contribution in [0.15, 0.2) is 24.3 Å². The average Bonchev–Trinajstić information content (AvgIpc) is 2.63. The SMILES string of the molecule is COC1CCCN(C(=O)c2cccc(F)c2)CC1. The molecule has 1 aromatic carbocycles. The fourth-order valence-electron chi connectivity index (χ4n) is 2.31. The Labute approximate surface area is 107 Å². The molecule has 1 amide bonds. The van der Waals surface area contributed by atoms with Gasteiger partial charge < -0.3 is 9.64 Å². The van der Waals surface area contributed by atoms with E-state index in [4.69, 9.17) is 4.74 Å². The van der Waals surface area contributed by atoms with Gasteiger partial charge in [-0.3, -0.25) is 4.79 Å². The molecule has 1 aromatic rings.